The third kappa shape index (κ3) is 4.30. The van der Waals surface area contributed by atoms with Crippen molar-refractivity contribution in [3.05, 3.63) is 29.8 Å². The lowest BCUT2D eigenvalue weighted by molar-refractivity contribution is 0.0509. The number of rotatable bonds is 3. The number of aromatic nitrogens is 4. The van der Waals surface area contributed by atoms with Crippen molar-refractivity contribution in [1.82, 2.24) is 25.1 Å². The molecule has 140 valence electrons. The standard InChI is InChI=1S/C18H26N6O2/c1-12-8-13(2)24(22-12)16-10-19-9-15(21-16)23-7-6-14(11-23)20-17(25)26-18(3,4)5/h8-10,14H,6-7,11H2,1-5H3,(H,20,25)/t14-/m0/s1. The van der Waals surface area contributed by atoms with E-state index in [1.165, 1.54) is 0 Å². The maximum atomic E-state index is 11.9. The molecule has 3 heterocycles. The fourth-order valence-corrected chi connectivity index (χ4v) is 3.02. The number of hydrogen-bond donors (Lipinski definition) is 1. The Morgan fingerprint density at radius 3 is 2.65 bits per heavy atom. The zero-order chi connectivity index (χ0) is 18.9. The Kier molecular flexibility index (Phi) is 4.84. The van der Waals surface area contributed by atoms with Gasteiger partial charge in [0.2, 0.25) is 0 Å². The van der Waals surface area contributed by atoms with Gasteiger partial charge in [-0.05, 0) is 47.1 Å². The van der Waals surface area contributed by atoms with Crippen molar-refractivity contribution >= 4 is 11.9 Å². The summed E-state index contributed by atoms with van der Waals surface area (Å²) in [6, 6.07) is 2.04. The molecule has 0 bridgehead atoms. The van der Waals surface area contributed by atoms with Crippen molar-refractivity contribution in [2.75, 3.05) is 18.0 Å². The highest BCUT2D eigenvalue weighted by Crippen LogP contribution is 2.19. The predicted octanol–water partition coefficient (Wildman–Crippen LogP) is 2.38. The van der Waals surface area contributed by atoms with Crippen molar-refractivity contribution in [1.29, 1.82) is 0 Å². The maximum absolute atomic E-state index is 11.9. The van der Waals surface area contributed by atoms with Gasteiger partial charge in [-0.2, -0.15) is 5.10 Å². The van der Waals surface area contributed by atoms with Gasteiger partial charge in [-0.15, -0.1) is 0 Å². The quantitative estimate of drug-likeness (QED) is 0.907. The van der Waals surface area contributed by atoms with Gasteiger partial charge in [-0.3, -0.25) is 4.98 Å². The molecular weight excluding hydrogens is 332 g/mol. The average molecular weight is 358 g/mol. The largest absolute Gasteiger partial charge is 0.444 e. The predicted molar refractivity (Wildman–Crippen MR) is 98.6 cm³/mol. The summed E-state index contributed by atoms with van der Waals surface area (Å²) in [4.78, 5) is 23.1. The van der Waals surface area contributed by atoms with Crippen LogP contribution in [0.5, 0.6) is 0 Å². The summed E-state index contributed by atoms with van der Waals surface area (Å²) in [6.07, 6.45) is 3.90. The smallest absolute Gasteiger partial charge is 0.407 e. The zero-order valence-electron chi connectivity index (χ0n) is 16.0. The number of nitrogens with one attached hydrogen (secondary N) is 1. The number of ether oxygens (including phenoxy) is 1. The number of anilines is 1. The number of alkyl carbamates (subject to hydrolysis) is 1. The van der Waals surface area contributed by atoms with E-state index in [-0.39, 0.29) is 12.1 Å². The molecule has 0 spiro atoms. The first-order valence-electron chi connectivity index (χ1n) is 8.81. The van der Waals surface area contributed by atoms with E-state index < -0.39 is 5.60 Å². The van der Waals surface area contributed by atoms with Crippen LogP contribution in [0.2, 0.25) is 0 Å². The summed E-state index contributed by atoms with van der Waals surface area (Å²) < 4.78 is 7.11. The van der Waals surface area contributed by atoms with Crippen molar-refractivity contribution < 1.29 is 9.53 Å². The summed E-state index contributed by atoms with van der Waals surface area (Å²) in [7, 11) is 0. The van der Waals surface area contributed by atoms with Crippen LogP contribution in [-0.4, -0.2) is 50.6 Å². The molecule has 0 radical (unpaired) electrons. The Morgan fingerprint density at radius 1 is 1.27 bits per heavy atom. The lowest BCUT2D eigenvalue weighted by Gasteiger charge is -2.22. The van der Waals surface area contributed by atoms with Crippen LogP contribution in [0, 0.1) is 13.8 Å². The lowest BCUT2D eigenvalue weighted by Crippen LogP contribution is -2.40. The Bertz CT molecular complexity index is 795. The Hall–Kier alpha value is -2.64. The third-order valence-electron chi connectivity index (χ3n) is 4.07. The summed E-state index contributed by atoms with van der Waals surface area (Å²) >= 11 is 0. The van der Waals surface area contributed by atoms with Crippen molar-refractivity contribution in [3.8, 4) is 5.82 Å². The molecule has 1 atom stereocenters. The molecule has 0 saturated carbocycles. The Balaban J connectivity index is 1.67. The first-order chi connectivity index (χ1) is 12.2. The van der Waals surface area contributed by atoms with Crippen molar-refractivity contribution in [3.63, 3.8) is 0 Å². The highest BCUT2D eigenvalue weighted by molar-refractivity contribution is 5.68. The Labute approximate surface area is 153 Å². The summed E-state index contributed by atoms with van der Waals surface area (Å²) in [5.74, 6) is 1.47. The number of nitrogens with zero attached hydrogens (tertiary/aromatic N) is 5. The highest BCUT2D eigenvalue weighted by atomic mass is 16.6. The number of carbonyl (C=O) groups excluding carboxylic acids is 1. The van der Waals surface area contributed by atoms with Gasteiger partial charge in [0.15, 0.2) is 5.82 Å². The molecule has 8 nitrogen and oxygen atoms in total. The van der Waals surface area contributed by atoms with E-state index in [1.54, 1.807) is 17.1 Å². The first-order valence-corrected chi connectivity index (χ1v) is 8.81. The van der Waals surface area contributed by atoms with Crippen molar-refractivity contribution in [2.45, 2.75) is 52.7 Å². The van der Waals surface area contributed by atoms with Gasteiger partial charge in [-0.1, -0.05) is 0 Å². The molecule has 26 heavy (non-hydrogen) atoms. The molecule has 0 aliphatic carbocycles. The molecule has 1 fully saturated rings. The van der Waals surface area contributed by atoms with Crippen LogP contribution in [0.4, 0.5) is 10.6 Å². The van der Waals surface area contributed by atoms with Crippen LogP contribution >= 0.6 is 0 Å². The monoisotopic (exact) mass is 358 g/mol. The van der Waals surface area contributed by atoms with E-state index in [4.69, 9.17) is 9.72 Å². The second-order valence-corrected chi connectivity index (χ2v) is 7.65. The van der Waals surface area contributed by atoms with Crippen LogP contribution in [0.3, 0.4) is 0 Å². The maximum Gasteiger partial charge on any atom is 0.407 e. The highest BCUT2D eigenvalue weighted by Gasteiger charge is 2.27. The van der Waals surface area contributed by atoms with Gasteiger partial charge < -0.3 is 15.0 Å². The van der Waals surface area contributed by atoms with Gasteiger partial charge in [0.05, 0.1) is 24.1 Å². The van der Waals surface area contributed by atoms with Crippen LogP contribution in [0.15, 0.2) is 18.5 Å². The molecular formula is C18H26N6O2. The van der Waals surface area contributed by atoms with Gasteiger partial charge in [0.1, 0.15) is 11.4 Å². The van der Waals surface area contributed by atoms with E-state index in [0.29, 0.717) is 12.4 Å². The number of carbonyl (C=O) groups is 1. The molecule has 1 amide bonds. The molecule has 2 aromatic rings. The van der Waals surface area contributed by atoms with E-state index in [0.717, 1.165) is 30.2 Å². The number of amides is 1. The van der Waals surface area contributed by atoms with Crippen LogP contribution in [0.25, 0.3) is 5.82 Å². The SMILES string of the molecule is Cc1cc(C)n(-c2cncc(N3CC[C@H](NC(=O)OC(C)(C)C)C3)n2)n1. The van der Waals surface area contributed by atoms with E-state index in [9.17, 15) is 4.79 Å². The molecule has 2 aromatic heterocycles. The molecule has 8 heteroatoms. The van der Waals surface area contributed by atoms with E-state index in [2.05, 4.69) is 20.3 Å². The molecule has 0 unspecified atom stereocenters. The van der Waals surface area contributed by atoms with E-state index >= 15 is 0 Å². The fraction of sp³-hybridized carbons (Fsp3) is 0.556. The van der Waals surface area contributed by atoms with Gasteiger partial charge in [0.25, 0.3) is 0 Å². The molecule has 3 rings (SSSR count). The molecule has 0 aromatic carbocycles. The number of hydrogen-bond acceptors (Lipinski definition) is 6. The van der Waals surface area contributed by atoms with Crippen molar-refractivity contribution in [2.24, 2.45) is 0 Å². The molecule has 1 aliphatic rings. The molecule has 1 N–H and O–H groups in total. The first kappa shape index (κ1) is 18.2. The zero-order valence-corrected chi connectivity index (χ0v) is 16.0. The summed E-state index contributed by atoms with van der Waals surface area (Å²) in [5, 5.41) is 7.38. The minimum atomic E-state index is -0.498. The minimum absolute atomic E-state index is 0.0315. The lowest BCUT2D eigenvalue weighted by atomic mass is 10.2. The van der Waals surface area contributed by atoms with Gasteiger partial charge in [-0.25, -0.2) is 14.5 Å². The summed E-state index contributed by atoms with van der Waals surface area (Å²) in [6.45, 7) is 11.0. The van der Waals surface area contributed by atoms with E-state index in [1.807, 2.05) is 40.7 Å². The second kappa shape index (κ2) is 6.93. The topological polar surface area (TPSA) is 85.2 Å². The van der Waals surface area contributed by atoms with Crippen LogP contribution in [-0.2, 0) is 4.74 Å². The molecule has 1 saturated heterocycles. The fourth-order valence-electron chi connectivity index (χ4n) is 3.02. The number of aryl methyl sites for hydroxylation is 2. The van der Waals surface area contributed by atoms with Gasteiger partial charge >= 0.3 is 6.09 Å². The molecule has 1 aliphatic heterocycles. The minimum Gasteiger partial charge on any atom is -0.444 e. The third-order valence-corrected chi connectivity index (χ3v) is 4.07. The second-order valence-electron chi connectivity index (χ2n) is 7.65. The van der Waals surface area contributed by atoms with Gasteiger partial charge in [0, 0.05) is 18.8 Å². The Morgan fingerprint density at radius 2 is 2.00 bits per heavy atom. The van der Waals surface area contributed by atoms with Crippen LogP contribution in [0.1, 0.15) is 38.6 Å². The van der Waals surface area contributed by atoms with Crippen LogP contribution < -0.4 is 10.2 Å². The summed E-state index contributed by atoms with van der Waals surface area (Å²) in [5.41, 5.74) is 1.46. The normalized spacial score (nSPS) is 17.4. The average Bonchev–Trinajstić information content (AvgIpc) is 3.12.